The summed E-state index contributed by atoms with van der Waals surface area (Å²) in [7, 11) is 1.53. The molecule has 0 N–H and O–H groups in total. The van der Waals surface area contributed by atoms with E-state index in [2.05, 4.69) is 15.9 Å². The molecule has 0 saturated carbocycles. The monoisotopic (exact) mass is 412 g/mol. The highest BCUT2D eigenvalue weighted by Crippen LogP contribution is 2.41. The molecule has 0 aliphatic carbocycles. The van der Waals surface area contributed by atoms with Gasteiger partial charge in [-0.3, -0.25) is 4.79 Å². The predicted octanol–water partition coefficient (Wildman–Crippen LogP) is 5.42. The third kappa shape index (κ3) is 2.82. The zero-order chi connectivity index (χ0) is 18.5. The standard InChI is InChI=1S/C21H17BrO4/c1-21(2)9-8-14-17(26-21)11-18(24-3)19-15(23)10-16(25-20(14)19)12-4-6-13(22)7-5-12/h4-11H,1-3H3. The number of fused-ring (bicyclic) bond motifs is 3. The zero-order valence-corrected chi connectivity index (χ0v) is 16.2. The van der Waals surface area contributed by atoms with E-state index < -0.39 is 5.60 Å². The molecule has 4 nitrogen and oxygen atoms in total. The molecule has 3 aromatic rings. The first-order valence-electron chi connectivity index (χ1n) is 8.21. The summed E-state index contributed by atoms with van der Waals surface area (Å²) < 4.78 is 18.6. The van der Waals surface area contributed by atoms with Gasteiger partial charge in [-0.1, -0.05) is 28.1 Å². The second-order valence-corrected chi connectivity index (χ2v) is 7.63. The van der Waals surface area contributed by atoms with Crippen molar-refractivity contribution in [1.29, 1.82) is 0 Å². The van der Waals surface area contributed by atoms with E-state index in [0.717, 1.165) is 15.6 Å². The first kappa shape index (κ1) is 16.9. The number of ether oxygens (including phenoxy) is 2. The average Bonchev–Trinajstić information content (AvgIpc) is 2.60. The first-order valence-corrected chi connectivity index (χ1v) is 9.00. The first-order chi connectivity index (χ1) is 12.4. The number of halogens is 1. The van der Waals surface area contributed by atoms with Crippen molar-refractivity contribution in [3.63, 3.8) is 0 Å². The van der Waals surface area contributed by atoms with E-state index in [9.17, 15) is 4.79 Å². The topological polar surface area (TPSA) is 48.7 Å². The molecule has 1 aliphatic rings. The largest absolute Gasteiger partial charge is 0.496 e. The maximum atomic E-state index is 12.8. The molecular formula is C21H17BrO4. The summed E-state index contributed by atoms with van der Waals surface area (Å²) in [6.07, 6.45) is 3.89. The predicted molar refractivity (Wildman–Crippen MR) is 106 cm³/mol. The molecule has 0 radical (unpaired) electrons. The van der Waals surface area contributed by atoms with E-state index >= 15 is 0 Å². The van der Waals surface area contributed by atoms with E-state index in [4.69, 9.17) is 13.9 Å². The lowest BCUT2D eigenvalue weighted by Crippen LogP contribution is -2.27. The van der Waals surface area contributed by atoms with Crippen LogP contribution in [-0.2, 0) is 0 Å². The molecule has 0 unspecified atom stereocenters. The van der Waals surface area contributed by atoms with E-state index in [1.807, 2.05) is 50.3 Å². The lowest BCUT2D eigenvalue weighted by molar-refractivity contribution is 0.158. The minimum Gasteiger partial charge on any atom is -0.496 e. The van der Waals surface area contributed by atoms with Gasteiger partial charge in [0.05, 0.1) is 12.7 Å². The van der Waals surface area contributed by atoms with Gasteiger partial charge in [-0.25, -0.2) is 0 Å². The molecule has 1 aromatic heterocycles. The van der Waals surface area contributed by atoms with Gasteiger partial charge in [-0.05, 0) is 38.1 Å². The van der Waals surface area contributed by atoms with Crippen LogP contribution in [0.15, 0.2) is 56.2 Å². The van der Waals surface area contributed by atoms with Crippen molar-refractivity contribution in [2.24, 2.45) is 0 Å². The van der Waals surface area contributed by atoms with Crippen molar-refractivity contribution < 1.29 is 13.9 Å². The van der Waals surface area contributed by atoms with Crippen molar-refractivity contribution in [2.45, 2.75) is 19.4 Å². The molecule has 0 saturated heterocycles. The van der Waals surface area contributed by atoms with Crippen molar-refractivity contribution >= 4 is 33.0 Å². The molecular weight excluding hydrogens is 396 g/mol. The Labute approximate surface area is 159 Å². The van der Waals surface area contributed by atoms with E-state index in [0.29, 0.717) is 28.2 Å². The molecule has 26 heavy (non-hydrogen) atoms. The highest BCUT2D eigenvalue weighted by Gasteiger charge is 2.26. The van der Waals surface area contributed by atoms with Gasteiger partial charge in [0, 0.05) is 22.2 Å². The van der Waals surface area contributed by atoms with Crippen LogP contribution in [-0.4, -0.2) is 12.7 Å². The van der Waals surface area contributed by atoms with Crippen LogP contribution in [0.2, 0.25) is 0 Å². The average molecular weight is 413 g/mol. The smallest absolute Gasteiger partial charge is 0.197 e. The lowest BCUT2D eigenvalue weighted by Gasteiger charge is -2.28. The fourth-order valence-corrected chi connectivity index (χ4v) is 3.32. The van der Waals surface area contributed by atoms with Crippen LogP contribution < -0.4 is 14.9 Å². The third-order valence-electron chi connectivity index (χ3n) is 4.34. The van der Waals surface area contributed by atoms with Crippen LogP contribution in [0, 0.1) is 0 Å². The third-order valence-corrected chi connectivity index (χ3v) is 4.87. The Morgan fingerprint density at radius 2 is 1.85 bits per heavy atom. The Balaban J connectivity index is 2.03. The molecule has 132 valence electrons. The molecule has 0 bridgehead atoms. The van der Waals surface area contributed by atoms with Gasteiger partial charge in [0.25, 0.3) is 0 Å². The van der Waals surface area contributed by atoms with Crippen LogP contribution in [0.4, 0.5) is 0 Å². The van der Waals surface area contributed by atoms with Crippen LogP contribution >= 0.6 is 15.9 Å². The lowest BCUT2D eigenvalue weighted by atomic mass is 9.99. The number of benzene rings is 2. The van der Waals surface area contributed by atoms with Gasteiger partial charge >= 0.3 is 0 Å². The van der Waals surface area contributed by atoms with Gasteiger partial charge in [-0.15, -0.1) is 0 Å². The molecule has 1 aliphatic heterocycles. The second-order valence-electron chi connectivity index (χ2n) is 6.72. The van der Waals surface area contributed by atoms with Gasteiger partial charge < -0.3 is 13.9 Å². The molecule has 5 heteroatoms. The van der Waals surface area contributed by atoms with Crippen molar-refractivity contribution in [3.8, 4) is 22.8 Å². The van der Waals surface area contributed by atoms with Gasteiger partial charge in [0.15, 0.2) is 11.0 Å². The van der Waals surface area contributed by atoms with Crippen LogP contribution in [0.5, 0.6) is 11.5 Å². The molecule has 0 spiro atoms. The Kier molecular flexibility index (Phi) is 3.92. The summed E-state index contributed by atoms with van der Waals surface area (Å²) in [5, 5.41) is 0.417. The van der Waals surface area contributed by atoms with Gasteiger partial charge in [0.1, 0.15) is 28.2 Å². The number of hydrogen-bond acceptors (Lipinski definition) is 4. The normalized spacial score (nSPS) is 14.8. The second kappa shape index (κ2) is 6.02. The van der Waals surface area contributed by atoms with Crippen molar-refractivity contribution in [2.75, 3.05) is 7.11 Å². The van der Waals surface area contributed by atoms with Crippen molar-refractivity contribution in [1.82, 2.24) is 0 Å². The van der Waals surface area contributed by atoms with E-state index in [-0.39, 0.29) is 5.43 Å². The Morgan fingerprint density at radius 1 is 1.12 bits per heavy atom. The molecule has 0 fully saturated rings. The summed E-state index contributed by atoms with van der Waals surface area (Å²) in [6, 6.07) is 10.9. The highest BCUT2D eigenvalue weighted by molar-refractivity contribution is 9.10. The molecule has 0 atom stereocenters. The van der Waals surface area contributed by atoms with E-state index in [1.54, 1.807) is 6.07 Å². The molecule has 2 aromatic carbocycles. The Bertz CT molecular complexity index is 1090. The van der Waals surface area contributed by atoms with Crippen molar-refractivity contribution in [3.05, 3.63) is 62.7 Å². The summed E-state index contributed by atoms with van der Waals surface area (Å²) in [6.45, 7) is 3.94. The maximum Gasteiger partial charge on any atom is 0.197 e. The maximum absolute atomic E-state index is 12.8. The van der Waals surface area contributed by atoms with Crippen LogP contribution in [0.3, 0.4) is 0 Å². The van der Waals surface area contributed by atoms with Crippen LogP contribution in [0.1, 0.15) is 19.4 Å². The zero-order valence-electron chi connectivity index (χ0n) is 14.6. The Morgan fingerprint density at radius 3 is 2.54 bits per heavy atom. The highest BCUT2D eigenvalue weighted by atomic mass is 79.9. The number of methoxy groups -OCH3 is 1. The summed E-state index contributed by atoms with van der Waals surface area (Å²) in [4.78, 5) is 12.8. The number of rotatable bonds is 2. The quantitative estimate of drug-likeness (QED) is 0.563. The molecule has 2 heterocycles. The minimum atomic E-state index is -0.435. The van der Waals surface area contributed by atoms with Gasteiger partial charge in [0.2, 0.25) is 0 Å². The molecule has 4 rings (SSSR count). The number of hydrogen-bond donors (Lipinski definition) is 0. The Hall–Kier alpha value is -2.53. The summed E-state index contributed by atoms with van der Waals surface area (Å²) in [5.74, 6) is 1.59. The minimum absolute atomic E-state index is 0.151. The fourth-order valence-electron chi connectivity index (χ4n) is 3.06. The van der Waals surface area contributed by atoms with Crippen LogP contribution in [0.25, 0.3) is 28.4 Å². The molecule has 0 amide bonds. The van der Waals surface area contributed by atoms with E-state index in [1.165, 1.54) is 13.2 Å². The fraction of sp³-hybridized carbons (Fsp3) is 0.190. The SMILES string of the molecule is COc1cc2c(c3oc(-c4ccc(Br)cc4)cc(=O)c13)C=CC(C)(C)O2. The summed E-state index contributed by atoms with van der Waals surface area (Å²) >= 11 is 3.42. The summed E-state index contributed by atoms with van der Waals surface area (Å²) in [5.41, 5.74) is 1.45. The van der Waals surface area contributed by atoms with Gasteiger partial charge in [-0.2, -0.15) is 0 Å².